The van der Waals surface area contributed by atoms with E-state index in [-0.39, 0.29) is 29.5 Å². The molecule has 5 heteroatoms. The van der Waals surface area contributed by atoms with Gasteiger partial charge in [-0.3, -0.25) is 4.99 Å². The maximum atomic E-state index is 4.85. The monoisotopic (exact) mass is 436 g/mol. The van der Waals surface area contributed by atoms with Gasteiger partial charge in [-0.25, -0.2) is 0 Å². The fourth-order valence-corrected chi connectivity index (χ4v) is 3.84. The van der Waals surface area contributed by atoms with Crippen molar-refractivity contribution in [3.05, 3.63) is 0 Å². The van der Waals surface area contributed by atoms with Crippen LogP contribution < -0.4 is 10.6 Å². The highest BCUT2D eigenvalue weighted by Crippen LogP contribution is 2.43. The molecule has 0 aromatic rings. The average Bonchev–Trinajstić information content (AvgIpc) is 2.85. The Morgan fingerprint density at radius 3 is 2.43 bits per heavy atom. The lowest BCUT2D eigenvalue weighted by atomic mass is 9.73. The first kappa shape index (κ1) is 21.0. The summed E-state index contributed by atoms with van der Waals surface area (Å²) in [5.74, 6) is 1.13. The van der Waals surface area contributed by atoms with Gasteiger partial charge in [0.2, 0.25) is 0 Å². The summed E-state index contributed by atoms with van der Waals surface area (Å²) in [5.41, 5.74) is 0.770. The van der Waals surface area contributed by atoms with E-state index in [0.29, 0.717) is 5.41 Å². The molecule has 1 aliphatic carbocycles. The molecule has 2 N–H and O–H groups in total. The summed E-state index contributed by atoms with van der Waals surface area (Å²) in [5, 5.41) is 7.01. The van der Waals surface area contributed by atoms with Crippen LogP contribution in [-0.4, -0.2) is 49.1 Å². The van der Waals surface area contributed by atoms with E-state index in [0.717, 1.165) is 25.6 Å². The number of rotatable bonds is 4. The first-order valence-electron chi connectivity index (χ1n) is 9.22. The van der Waals surface area contributed by atoms with Crippen LogP contribution in [0.15, 0.2) is 4.99 Å². The quantitative estimate of drug-likeness (QED) is 0.306. The molecule has 0 amide bonds. The molecule has 0 aromatic heterocycles. The minimum Gasteiger partial charge on any atom is -0.357 e. The first-order chi connectivity index (χ1) is 10.4. The lowest BCUT2D eigenvalue weighted by Gasteiger charge is -2.33. The number of hydrogen-bond acceptors (Lipinski definition) is 2. The van der Waals surface area contributed by atoms with Crippen molar-refractivity contribution in [2.45, 2.75) is 71.8 Å². The van der Waals surface area contributed by atoms with Gasteiger partial charge in [0.1, 0.15) is 0 Å². The molecule has 1 aliphatic heterocycles. The van der Waals surface area contributed by atoms with Gasteiger partial charge >= 0.3 is 0 Å². The van der Waals surface area contributed by atoms with Crippen molar-refractivity contribution in [3.63, 3.8) is 0 Å². The van der Waals surface area contributed by atoms with Gasteiger partial charge in [0.15, 0.2) is 5.96 Å². The minimum absolute atomic E-state index is 0. The second kappa shape index (κ2) is 9.44. The number of nitrogens with one attached hydrogen (secondary N) is 2. The van der Waals surface area contributed by atoms with E-state index < -0.39 is 0 Å². The van der Waals surface area contributed by atoms with Crippen molar-refractivity contribution >= 4 is 29.9 Å². The number of aliphatic imine (C=N–C) groups is 1. The molecule has 4 nitrogen and oxygen atoms in total. The molecule has 0 bridgehead atoms. The van der Waals surface area contributed by atoms with Crippen LogP contribution in [0.4, 0.5) is 0 Å². The van der Waals surface area contributed by atoms with Gasteiger partial charge in [0.05, 0.1) is 6.54 Å². The fourth-order valence-electron chi connectivity index (χ4n) is 3.84. The Balaban J connectivity index is 0.00000264. The highest BCUT2D eigenvalue weighted by Gasteiger charge is 2.39. The summed E-state index contributed by atoms with van der Waals surface area (Å²) >= 11 is 0. The lowest BCUT2D eigenvalue weighted by molar-refractivity contribution is 0.203. The molecule has 2 aliphatic rings. The summed E-state index contributed by atoms with van der Waals surface area (Å²) in [6.07, 6.45) is 8.50. The predicted molar refractivity (Wildman–Crippen MR) is 111 cm³/mol. The Hall–Kier alpha value is -0.0400. The van der Waals surface area contributed by atoms with Crippen molar-refractivity contribution in [1.29, 1.82) is 0 Å². The number of hydrogen-bond donors (Lipinski definition) is 2. The third-order valence-corrected chi connectivity index (χ3v) is 5.02. The smallest absolute Gasteiger partial charge is 0.193 e. The maximum absolute atomic E-state index is 4.85. The number of nitrogens with zero attached hydrogens (tertiary/aromatic N) is 2. The Labute approximate surface area is 160 Å². The van der Waals surface area contributed by atoms with Crippen LogP contribution in [0.25, 0.3) is 0 Å². The number of guanidine groups is 1. The average molecular weight is 436 g/mol. The number of halogens is 1. The number of likely N-dealkylation sites (tertiary alicyclic amines) is 1. The highest BCUT2D eigenvalue weighted by atomic mass is 127. The van der Waals surface area contributed by atoms with Gasteiger partial charge in [-0.05, 0) is 52.4 Å². The van der Waals surface area contributed by atoms with Crippen molar-refractivity contribution in [1.82, 2.24) is 15.5 Å². The molecule has 1 saturated carbocycles. The maximum Gasteiger partial charge on any atom is 0.193 e. The summed E-state index contributed by atoms with van der Waals surface area (Å²) in [7, 11) is 0. The first-order valence-corrected chi connectivity index (χ1v) is 9.22. The second-order valence-electron chi connectivity index (χ2n) is 8.14. The van der Waals surface area contributed by atoms with Crippen LogP contribution in [0, 0.1) is 5.41 Å². The molecule has 136 valence electrons. The molecular weight excluding hydrogens is 399 g/mol. The van der Waals surface area contributed by atoms with Crippen LogP contribution in [0.5, 0.6) is 0 Å². The van der Waals surface area contributed by atoms with Crippen molar-refractivity contribution in [2.24, 2.45) is 10.4 Å². The van der Waals surface area contributed by atoms with Gasteiger partial charge in [-0.2, -0.15) is 0 Å². The molecular formula is C18H37IN4. The third-order valence-electron chi connectivity index (χ3n) is 5.02. The van der Waals surface area contributed by atoms with Crippen molar-refractivity contribution in [3.8, 4) is 0 Å². The minimum atomic E-state index is 0. The Bertz CT molecular complexity index is 370. The lowest BCUT2D eigenvalue weighted by Crippen LogP contribution is -2.42. The molecule has 2 rings (SSSR count). The third kappa shape index (κ3) is 6.77. The standard InChI is InChI=1S/C18H36N4.HI/c1-5-19-16(20-12-13-21-17(2,3)4)22-14-11-18(15-22)9-7-6-8-10-18;/h21H,5-15H2,1-4H3,(H,19,20);1H. The molecule has 1 spiro atoms. The zero-order chi connectivity index (χ0) is 16.1. The molecule has 1 heterocycles. The largest absolute Gasteiger partial charge is 0.357 e. The van der Waals surface area contributed by atoms with Crippen LogP contribution in [0.3, 0.4) is 0 Å². The fraction of sp³-hybridized carbons (Fsp3) is 0.944. The van der Waals surface area contributed by atoms with Gasteiger partial charge in [-0.15, -0.1) is 24.0 Å². The SMILES string of the molecule is CCNC(=NCCNC(C)(C)C)N1CCC2(CCCCC2)C1.I. The predicted octanol–water partition coefficient (Wildman–Crippen LogP) is 3.61. The normalized spacial score (nSPS) is 21.4. The van der Waals surface area contributed by atoms with Crippen LogP contribution >= 0.6 is 24.0 Å². The van der Waals surface area contributed by atoms with Crippen molar-refractivity contribution < 1.29 is 0 Å². The molecule has 0 unspecified atom stereocenters. The zero-order valence-electron chi connectivity index (χ0n) is 15.6. The molecule has 0 radical (unpaired) electrons. The van der Waals surface area contributed by atoms with Gasteiger partial charge < -0.3 is 15.5 Å². The highest BCUT2D eigenvalue weighted by molar-refractivity contribution is 14.0. The second-order valence-corrected chi connectivity index (χ2v) is 8.14. The molecule has 1 saturated heterocycles. The van der Waals surface area contributed by atoms with Gasteiger partial charge in [0.25, 0.3) is 0 Å². The molecule has 0 aromatic carbocycles. The van der Waals surface area contributed by atoms with Crippen molar-refractivity contribution in [2.75, 3.05) is 32.7 Å². The topological polar surface area (TPSA) is 39.7 Å². The Morgan fingerprint density at radius 1 is 1.13 bits per heavy atom. The molecule has 0 atom stereocenters. The summed E-state index contributed by atoms with van der Waals surface area (Å²) in [6, 6.07) is 0. The van der Waals surface area contributed by atoms with Crippen LogP contribution in [-0.2, 0) is 0 Å². The summed E-state index contributed by atoms with van der Waals surface area (Å²) < 4.78 is 0. The Morgan fingerprint density at radius 2 is 1.83 bits per heavy atom. The van der Waals surface area contributed by atoms with Crippen LogP contribution in [0.2, 0.25) is 0 Å². The van der Waals surface area contributed by atoms with E-state index in [1.807, 2.05) is 0 Å². The molecule has 23 heavy (non-hydrogen) atoms. The Kier molecular flexibility index (Phi) is 8.63. The van der Waals surface area contributed by atoms with E-state index in [1.165, 1.54) is 51.6 Å². The summed E-state index contributed by atoms with van der Waals surface area (Å²) in [4.78, 5) is 7.35. The van der Waals surface area contributed by atoms with Gasteiger partial charge in [-0.1, -0.05) is 19.3 Å². The summed E-state index contributed by atoms with van der Waals surface area (Å²) in [6.45, 7) is 13.9. The molecule has 2 fully saturated rings. The van der Waals surface area contributed by atoms with Gasteiger partial charge in [0, 0.05) is 31.7 Å². The van der Waals surface area contributed by atoms with E-state index in [2.05, 4.69) is 43.2 Å². The van der Waals surface area contributed by atoms with E-state index in [9.17, 15) is 0 Å². The van der Waals surface area contributed by atoms with Crippen LogP contribution in [0.1, 0.15) is 66.2 Å². The zero-order valence-corrected chi connectivity index (χ0v) is 17.9. The van der Waals surface area contributed by atoms with E-state index in [4.69, 9.17) is 4.99 Å². The van der Waals surface area contributed by atoms with E-state index >= 15 is 0 Å². The van der Waals surface area contributed by atoms with E-state index in [1.54, 1.807) is 0 Å².